The Labute approximate surface area is 114 Å². The van der Waals surface area contributed by atoms with E-state index in [-0.39, 0.29) is 0 Å². The van der Waals surface area contributed by atoms with Crippen molar-refractivity contribution >= 4 is 5.82 Å². The first-order chi connectivity index (χ1) is 9.14. The van der Waals surface area contributed by atoms with E-state index in [1.165, 1.54) is 0 Å². The Morgan fingerprint density at radius 2 is 2.16 bits per heavy atom. The Morgan fingerprint density at radius 1 is 1.37 bits per heavy atom. The minimum absolute atomic E-state index is 0.423. The largest absolute Gasteiger partial charge is 0.376 e. The maximum absolute atomic E-state index is 5.87. The van der Waals surface area contributed by atoms with Crippen LogP contribution >= 0.6 is 0 Å². The van der Waals surface area contributed by atoms with Crippen molar-refractivity contribution in [1.82, 2.24) is 9.97 Å². The summed E-state index contributed by atoms with van der Waals surface area (Å²) in [6.07, 6.45) is 1.69. The second-order valence-corrected chi connectivity index (χ2v) is 4.89. The summed E-state index contributed by atoms with van der Waals surface area (Å²) in [5.74, 6) is 1.63. The van der Waals surface area contributed by atoms with Crippen LogP contribution in [0.4, 0.5) is 5.82 Å². The maximum Gasteiger partial charge on any atom is 0.162 e. The molecule has 1 unspecified atom stereocenters. The van der Waals surface area contributed by atoms with Crippen LogP contribution in [0.25, 0.3) is 0 Å². The average Bonchev–Trinajstić information content (AvgIpc) is 2.46. The van der Waals surface area contributed by atoms with E-state index in [4.69, 9.17) is 14.5 Å². The minimum Gasteiger partial charge on any atom is -0.376 e. The van der Waals surface area contributed by atoms with Crippen LogP contribution in [-0.2, 0) is 28.1 Å². The molecule has 1 N–H and O–H groups in total. The molecule has 1 aromatic heterocycles. The van der Waals surface area contributed by atoms with E-state index in [0.29, 0.717) is 13.2 Å². The van der Waals surface area contributed by atoms with Gasteiger partial charge in [0.2, 0.25) is 0 Å². The summed E-state index contributed by atoms with van der Waals surface area (Å²) >= 11 is 0. The summed E-state index contributed by atoms with van der Waals surface area (Å²) in [6, 6.07) is 0. The molecule has 0 saturated heterocycles. The SMILES string of the molecule is CCOC(C)(CC)c1nc2c(c(NC)n1)COCC2. The van der Waals surface area contributed by atoms with Crippen molar-refractivity contribution < 1.29 is 9.47 Å². The zero-order valence-corrected chi connectivity index (χ0v) is 12.2. The van der Waals surface area contributed by atoms with E-state index in [9.17, 15) is 0 Å². The first kappa shape index (κ1) is 14.2. The molecular formula is C14H23N3O2. The normalized spacial score (nSPS) is 17.7. The van der Waals surface area contributed by atoms with Gasteiger partial charge in [-0.25, -0.2) is 9.97 Å². The number of nitrogens with one attached hydrogen (secondary N) is 1. The van der Waals surface area contributed by atoms with Crippen LogP contribution in [-0.4, -0.2) is 30.2 Å². The Hall–Kier alpha value is -1.20. The van der Waals surface area contributed by atoms with Gasteiger partial charge in [0.05, 0.1) is 18.9 Å². The van der Waals surface area contributed by atoms with Gasteiger partial charge in [-0.3, -0.25) is 0 Å². The lowest BCUT2D eigenvalue weighted by molar-refractivity contribution is -0.0393. The molecule has 0 amide bonds. The van der Waals surface area contributed by atoms with Gasteiger partial charge in [-0.1, -0.05) is 6.92 Å². The van der Waals surface area contributed by atoms with Gasteiger partial charge < -0.3 is 14.8 Å². The molecule has 5 nitrogen and oxygen atoms in total. The third-order valence-corrected chi connectivity index (χ3v) is 3.67. The van der Waals surface area contributed by atoms with Gasteiger partial charge in [0.25, 0.3) is 0 Å². The first-order valence-corrected chi connectivity index (χ1v) is 6.94. The lowest BCUT2D eigenvalue weighted by Gasteiger charge is -2.29. The molecule has 1 atom stereocenters. The van der Waals surface area contributed by atoms with Crippen molar-refractivity contribution in [2.45, 2.75) is 45.8 Å². The summed E-state index contributed by atoms with van der Waals surface area (Å²) in [5.41, 5.74) is 1.74. The number of nitrogens with zero attached hydrogens (tertiary/aromatic N) is 2. The zero-order valence-electron chi connectivity index (χ0n) is 12.2. The molecule has 2 rings (SSSR count). The van der Waals surface area contributed by atoms with Crippen molar-refractivity contribution in [2.24, 2.45) is 0 Å². The molecule has 0 aromatic carbocycles. The minimum atomic E-state index is -0.423. The van der Waals surface area contributed by atoms with Crippen LogP contribution in [0.3, 0.4) is 0 Å². The number of fused-ring (bicyclic) bond motifs is 1. The van der Waals surface area contributed by atoms with Crippen molar-refractivity contribution in [3.05, 3.63) is 17.1 Å². The number of ether oxygens (including phenoxy) is 2. The molecule has 1 aliphatic rings. The fraction of sp³-hybridized carbons (Fsp3) is 0.714. The molecule has 0 fully saturated rings. The molecular weight excluding hydrogens is 242 g/mol. The Bertz CT molecular complexity index is 433. The molecule has 5 heteroatoms. The number of hydrogen-bond acceptors (Lipinski definition) is 5. The molecule has 2 heterocycles. The maximum atomic E-state index is 5.87. The third-order valence-electron chi connectivity index (χ3n) is 3.67. The fourth-order valence-electron chi connectivity index (χ4n) is 2.32. The molecule has 1 aromatic rings. The van der Waals surface area contributed by atoms with Crippen LogP contribution in [0.15, 0.2) is 0 Å². The second kappa shape index (κ2) is 5.84. The van der Waals surface area contributed by atoms with Gasteiger partial charge in [-0.2, -0.15) is 0 Å². The standard InChI is InChI=1S/C14H23N3O2/c1-5-14(3,19-6-2)13-16-11-7-8-18-9-10(11)12(15-4)17-13/h5-9H2,1-4H3,(H,15,16,17). The number of hydrogen-bond donors (Lipinski definition) is 1. The van der Waals surface area contributed by atoms with Crippen molar-refractivity contribution in [2.75, 3.05) is 25.6 Å². The highest BCUT2D eigenvalue weighted by molar-refractivity contribution is 5.47. The van der Waals surface area contributed by atoms with Gasteiger partial charge >= 0.3 is 0 Å². The lowest BCUT2D eigenvalue weighted by Crippen LogP contribution is -2.30. The van der Waals surface area contributed by atoms with E-state index < -0.39 is 5.60 Å². The summed E-state index contributed by atoms with van der Waals surface area (Å²) in [7, 11) is 1.88. The monoisotopic (exact) mass is 265 g/mol. The fourth-order valence-corrected chi connectivity index (χ4v) is 2.32. The Balaban J connectivity index is 2.46. The molecule has 0 spiro atoms. The predicted molar refractivity (Wildman–Crippen MR) is 74.2 cm³/mol. The van der Waals surface area contributed by atoms with Crippen molar-refractivity contribution in [3.8, 4) is 0 Å². The van der Waals surface area contributed by atoms with Gasteiger partial charge in [0.1, 0.15) is 11.4 Å². The van der Waals surface area contributed by atoms with Crippen LogP contribution in [0, 0.1) is 0 Å². The summed E-state index contributed by atoms with van der Waals surface area (Å²) in [4.78, 5) is 9.37. The van der Waals surface area contributed by atoms with Crippen molar-refractivity contribution in [1.29, 1.82) is 0 Å². The second-order valence-electron chi connectivity index (χ2n) is 4.89. The van der Waals surface area contributed by atoms with Gasteiger partial charge in [0, 0.05) is 25.6 Å². The quantitative estimate of drug-likeness (QED) is 0.885. The highest BCUT2D eigenvalue weighted by Crippen LogP contribution is 2.30. The van der Waals surface area contributed by atoms with E-state index >= 15 is 0 Å². The average molecular weight is 265 g/mol. The van der Waals surface area contributed by atoms with E-state index in [1.54, 1.807) is 0 Å². The van der Waals surface area contributed by atoms with Crippen LogP contribution in [0.2, 0.25) is 0 Å². The van der Waals surface area contributed by atoms with E-state index in [2.05, 4.69) is 24.1 Å². The van der Waals surface area contributed by atoms with Crippen LogP contribution in [0.1, 0.15) is 44.3 Å². The summed E-state index contributed by atoms with van der Waals surface area (Å²) in [6.45, 7) is 8.12. The van der Waals surface area contributed by atoms with Gasteiger partial charge in [-0.15, -0.1) is 0 Å². The molecule has 19 heavy (non-hydrogen) atoms. The topological polar surface area (TPSA) is 56.3 Å². The molecule has 106 valence electrons. The van der Waals surface area contributed by atoms with E-state index in [1.807, 2.05) is 14.0 Å². The lowest BCUT2D eigenvalue weighted by atomic mass is 10.0. The Kier molecular flexibility index (Phi) is 4.37. The molecule has 0 saturated carbocycles. The van der Waals surface area contributed by atoms with Crippen LogP contribution < -0.4 is 5.32 Å². The van der Waals surface area contributed by atoms with Gasteiger partial charge in [0.15, 0.2) is 5.82 Å². The first-order valence-electron chi connectivity index (χ1n) is 6.94. The third kappa shape index (κ3) is 2.72. The molecule has 0 radical (unpaired) electrons. The number of anilines is 1. The van der Waals surface area contributed by atoms with Gasteiger partial charge in [-0.05, 0) is 20.3 Å². The Morgan fingerprint density at radius 3 is 2.79 bits per heavy atom. The number of rotatable bonds is 5. The zero-order chi connectivity index (χ0) is 13.9. The molecule has 0 bridgehead atoms. The van der Waals surface area contributed by atoms with Crippen molar-refractivity contribution in [3.63, 3.8) is 0 Å². The molecule has 1 aliphatic heterocycles. The van der Waals surface area contributed by atoms with E-state index in [0.717, 1.165) is 42.3 Å². The predicted octanol–water partition coefficient (Wildman–Crippen LogP) is 2.25. The molecule has 0 aliphatic carbocycles. The highest BCUT2D eigenvalue weighted by Gasteiger charge is 2.31. The van der Waals surface area contributed by atoms with Crippen LogP contribution in [0.5, 0.6) is 0 Å². The number of aromatic nitrogens is 2. The highest BCUT2D eigenvalue weighted by atomic mass is 16.5. The summed E-state index contributed by atoms with van der Waals surface area (Å²) in [5, 5.41) is 3.15. The smallest absolute Gasteiger partial charge is 0.162 e. The summed E-state index contributed by atoms with van der Waals surface area (Å²) < 4.78 is 11.4.